The van der Waals surface area contributed by atoms with Gasteiger partial charge in [-0.05, 0) is 79.4 Å². The molecule has 2 fully saturated rings. The van der Waals surface area contributed by atoms with Gasteiger partial charge in [0, 0.05) is 84.6 Å². The first-order valence-electron chi connectivity index (χ1n) is 28.5. The van der Waals surface area contributed by atoms with Crippen LogP contribution < -0.4 is 5.32 Å². The molecule has 1 unspecified atom stereocenters. The normalized spacial score (nSPS) is 18.5. The molecular weight excluding hydrogens is 1040 g/mol. The quantitative estimate of drug-likeness (QED) is 0.0488. The number of benzene rings is 2. The summed E-state index contributed by atoms with van der Waals surface area (Å²) in [5.74, 6) is -5.43. The number of ether oxygens (including phenoxy) is 3. The fraction of sp³-hybridized carbons (Fsp3) is 0.656. The van der Waals surface area contributed by atoms with Crippen molar-refractivity contribution in [3.63, 3.8) is 0 Å². The lowest BCUT2D eigenvalue weighted by molar-refractivity contribution is -0.149. The molecule has 18 nitrogen and oxygen atoms in total. The number of methoxy groups -OCH3 is 2. The Bertz CT molecular complexity index is 2390. The maximum absolute atomic E-state index is 14.8. The van der Waals surface area contributed by atoms with Crippen molar-refractivity contribution in [1.82, 2.24) is 19.6 Å². The van der Waals surface area contributed by atoms with Crippen LogP contribution in [-0.2, 0) is 65.6 Å². The largest absolute Gasteiger partial charge is 0.481 e. The minimum absolute atomic E-state index is 0.0325. The van der Waals surface area contributed by atoms with Crippen molar-refractivity contribution in [1.29, 1.82) is 0 Å². The summed E-state index contributed by atoms with van der Waals surface area (Å²) in [5.41, 5.74) is 2.23. The molecule has 0 aliphatic carbocycles. The van der Waals surface area contributed by atoms with Crippen LogP contribution in [-0.4, -0.2) is 168 Å². The number of Topliss-reactive ketones (excluding diaryl/α,β-unsaturated/α-hetero) is 3. The molecule has 444 valence electrons. The van der Waals surface area contributed by atoms with Gasteiger partial charge in [0.15, 0.2) is 11.6 Å². The number of rotatable bonds is 35. The topological polar surface area (TPSA) is 227 Å². The molecule has 0 bridgehead atoms. The SMILES string of the molecule is CC[C@H](C)[C@@H]([C@@H](CC(=O)N1CCC[C@H]1[C@H](OC)[C@@H](C)C(=O)C[C@@H](Cc1ccccc1)C(=O)O)OC)N(C)C(=O)[C@@H](CC(=O)[C@H](C(C)C)N(C)C(=O)OCc1ccc(NCC(=O)CCCCCN2C(=O)CC(SC)C2=O)cc1)C(C)C. The monoisotopic (exact) mass is 1130 g/mol. The van der Waals surface area contributed by atoms with Crippen LogP contribution >= 0.6 is 11.8 Å². The average Bonchev–Trinajstić information content (AvgIpc) is 4.05. The van der Waals surface area contributed by atoms with E-state index in [-0.39, 0.29) is 109 Å². The number of aliphatic carboxylic acids is 1. The van der Waals surface area contributed by atoms with E-state index in [1.54, 1.807) is 48.0 Å². The van der Waals surface area contributed by atoms with Crippen LogP contribution in [0.1, 0.15) is 130 Å². The molecule has 0 aromatic heterocycles. The van der Waals surface area contributed by atoms with Crippen molar-refractivity contribution < 1.29 is 62.5 Å². The zero-order valence-corrected chi connectivity index (χ0v) is 50.3. The van der Waals surface area contributed by atoms with Gasteiger partial charge >= 0.3 is 12.1 Å². The Morgan fingerprint density at radius 2 is 1.49 bits per heavy atom. The van der Waals surface area contributed by atoms with E-state index in [4.69, 9.17) is 14.2 Å². The Hall–Kier alpha value is -5.66. The summed E-state index contributed by atoms with van der Waals surface area (Å²) >= 11 is 1.39. The van der Waals surface area contributed by atoms with Crippen LogP contribution in [0.3, 0.4) is 0 Å². The third kappa shape index (κ3) is 18.7. The summed E-state index contributed by atoms with van der Waals surface area (Å²) < 4.78 is 17.7. The van der Waals surface area contributed by atoms with E-state index in [0.29, 0.717) is 62.9 Å². The molecule has 0 saturated carbocycles. The van der Waals surface area contributed by atoms with Crippen LogP contribution in [0.4, 0.5) is 10.5 Å². The van der Waals surface area contributed by atoms with Gasteiger partial charge in [0.25, 0.3) is 0 Å². The summed E-state index contributed by atoms with van der Waals surface area (Å²) in [6, 6.07) is 14.4. The van der Waals surface area contributed by atoms with E-state index < -0.39 is 60.1 Å². The molecular formula is C61H91N5O13S. The number of likely N-dealkylation sites (tertiary alicyclic amines) is 2. The van der Waals surface area contributed by atoms with E-state index in [0.717, 1.165) is 12.0 Å². The highest BCUT2D eigenvalue weighted by Crippen LogP contribution is 2.32. The number of likely N-dealkylation sites (N-methyl/N-ethyl adjacent to an activating group) is 2. The predicted octanol–water partition coefficient (Wildman–Crippen LogP) is 8.37. The van der Waals surface area contributed by atoms with E-state index in [9.17, 15) is 48.3 Å². The van der Waals surface area contributed by atoms with Crippen molar-refractivity contribution in [3.05, 3.63) is 65.7 Å². The lowest BCUT2D eigenvalue weighted by Gasteiger charge is -2.41. The second kappa shape index (κ2) is 32.7. The maximum Gasteiger partial charge on any atom is 0.410 e. The van der Waals surface area contributed by atoms with Crippen molar-refractivity contribution in [2.45, 2.75) is 168 Å². The number of carbonyl (C=O) groups excluding carboxylic acids is 8. The van der Waals surface area contributed by atoms with Gasteiger partial charge in [-0.15, -0.1) is 0 Å². The molecule has 2 saturated heterocycles. The smallest absolute Gasteiger partial charge is 0.410 e. The lowest BCUT2D eigenvalue weighted by atomic mass is 9.83. The number of nitrogens with zero attached hydrogens (tertiary/aromatic N) is 4. The molecule has 80 heavy (non-hydrogen) atoms. The number of anilines is 1. The summed E-state index contributed by atoms with van der Waals surface area (Å²) in [6.07, 6.45) is 4.11. The van der Waals surface area contributed by atoms with E-state index in [1.165, 1.54) is 42.8 Å². The first-order chi connectivity index (χ1) is 38.0. The molecule has 4 rings (SSSR count). The third-order valence-corrected chi connectivity index (χ3v) is 17.3. The summed E-state index contributed by atoms with van der Waals surface area (Å²) in [6.45, 7) is 14.0. The average molecular weight is 1130 g/mol. The maximum atomic E-state index is 14.8. The number of unbranched alkanes of at least 4 members (excludes halogenated alkanes) is 2. The third-order valence-electron chi connectivity index (χ3n) is 16.3. The van der Waals surface area contributed by atoms with Crippen molar-refractivity contribution >= 4 is 70.5 Å². The zero-order chi connectivity index (χ0) is 59.4. The fourth-order valence-electron chi connectivity index (χ4n) is 11.4. The molecule has 2 aliphatic rings. The molecule has 2 N–H and O–H groups in total. The van der Waals surface area contributed by atoms with Gasteiger partial charge in [-0.25, -0.2) is 4.79 Å². The molecule has 0 spiro atoms. The Kier molecular flexibility index (Phi) is 27.3. The van der Waals surface area contributed by atoms with E-state index in [1.807, 2.05) is 78.1 Å². The molecule has 0 radical (unpaired) electrons. The highest BCUT2D eigenvalue weighted by molar-refractivity contribution is 8.00. The highest BCUT2D eigenvalue weighted by atomic mass is 32.2. The summed E-state index contributed by atoms with van der Waals surface area (Å²) in [5, 5.41) is 12.9. The summed E-state index contributed by atoms with van der Waals surface area (Å²) in [4.78, 5) is 126. The number of nitrogens with one attached hydrogen (secondary N) is 1. The number of thioether (sulfide) groups is 1. The second-order valence-electron chi connectivity index (χ2n) is 22.6. The number of carbonyl (C=O) groups is 9. The predicted molar refractivity (Wildman–Crippen MR) is 309 cm³/mol. The minimum atomic E-state index is -1.05. The fourth-order valence-corrected chi connectivity index (χ4v) is 12.0. The van der Waals surface area contributed by atoms with E-state index >= 15 is 0 Å². The van der Waals surface area contributed by atoms with Gasteiger partial charge in [-0.1, -0.05) is 104 Å². The lowest BCUT2D eigenvalue weighted by Crippen LogP contribution is -2.54. The van der Waals surface area contributed by atoms with Gasteiger partial charge in [0.1, 0.15) is 12.4 Å². The molecule has 2 heterocycles. The molecule has 5 amide bonds. The molecule has 2 aromatic carbocycles. The standard InChI is InChI=1S/C61H91N5O13S/c1-13-40(6)56(51(77-10)34-53(70)65-30-20-24-48(65)57(78-11)41(7)49(68)32-44(60(74)75)31-42-21-16-14-17-22-42)63(8)58(72)47(38(2)3)33-50(69)55(39(4)5)64(9)61(76)79-37-43-25-27-45(28-26-43)62-36-46(67)23-18-15-19-29-66-54(71)35-52(80-12)59(66)73/h14,16-17,21-22,25-28,38-41,44,47-48,51-52,55-57,62H,13,15,18-20,23-24,29-37H2,1-12H3,(H,74,75)/t40-,41-,44+,47-,48-,51+,52?,55-,56-,57+/m0/s1. The molecule has 2 aliphatic heterocycles. The molecule has 2 aromatic rings. The van der Waals surface area contributed by atoms with Gasteiger partial charge in [-0.3, -0.25) is 43.3 Å². The first-order valence-corrected chi connectivity index (χ1v) is 29.8. The zero-order valence-electron chi connectivity index (χ0n) is 49.5. The van der Waals surface area contributed by atoms with Crippen LogP contribution in [0.15, 0.2) is 54.6 Å². The first kappa shape index (κ1) is 66.8. The van der Waals surface area contributed by atoms with Crippen LogP contribution in [0, 0.1) is 35.5 Å². The Balaban J connectivity index is 1.33. The number of hydrogen-bond donors (Lipinski definition) is 2. The number of ketones is 3. The van der Waals surface area contributed by atoms with Crippen LogP contribution in [0.2, 0.25) is 0 Å². The minimum Gasteiger partial charge on any atom is -0.481 e. The van der Waals surface area contributed by atoms with Crippen LogP contribution in [0.25, 0.3) is 0 Å². The second-order valence-corrected chi connectivity index (χ2v) is 23.6. The Morgan fingerprint density at radius 3 is 2.06 bits per heavy atom. The van der Waals surface area contributed by atoms with Gasteiger partial charge in [-0.2, -0.15) is 11.8 Å². The highest BCUT2D eigenvalue weighted by Gasteiger charge is 2.44. The number of amides is 5. The molecule has 19 heteroatoms. The summed E-state index contributed by atoms with van der Waals surface area (Å²) in [7, 11) is 6.23. The van der Waals surface area contributed by atoms with E-state index in [2.05, 4.69) is 5.32 Å². The van der Waals surface area contributed by atoms with Crippen molar-refractivity contribution in [2.75, 3.05) is 59.5 Å². The van der Waals surface area contributed by atoms with Gasteiger partial charge in [0.2, 0.25) is 23.6 Å². The van der Waals surface area contributed by atoms with Gasteiger partial charge in [0.05, 0.1) is 54.5 Å². The number of hydrogen-bond acceptors (Lipinski definition) is 14. The Morgan fingerprint density at radius 1 is 0.812 bits per heavy atom. The number of carboxylic acid groups (broad SMARTS) is 1. The van der Waals surface area contributed by atoms with Gasteiger partial charge < -0.3 is 39.3 Å². The number of carboxylic acids is 1. The Labute approximate surface area is 479 Å². The van der Waals surface area contributed by atoms with Crippen molar-refractivity contribution in [2.24, 2.45) is 35.5 Å². The van der Waals surface area contributed by atoms with Crippen molar-refractivity contribution in [3.8, 4) is 0 Å². The van der Waals surface area contributed by atoms with Crippen LogP contribution in [0.5, 0.6) is 0 Å². The molecule has 10 atom stereocenters. The number of imide groups is 1.